The van der Waals surface area contributed by atoms with E-state index in [2.05, 4.69) is 35.9 Å². The number of likely N-dealkylation sites (N-methyl/N-ethyl adjacent to an activating group) is 1. The fraction of sp³-hybridized carbons (Fsp3) is 1.00. The molecule has 2 fully saturated rings. The molecule has 18 heavy (non-hydrogen) atoms. The lowest BCUT2D eigenvalue weighted by molar-refractivity contribution is 0.0553. The van der Waals surface area contributed by atoms with Gasteiger partial charge in [-0.2, -0.15) is 0 Å². The zero-order valence-electron chi connectivity index (χ0n) is 12.5. The van der Waals surface area contributed by atoms with Crippen LogP contribution < -0.4 is 5.32 Å². The van der Waals surface area contributed by atoms with Crippen LogP contribution in [0.15, 0.2) is 0 Å². The van der Waals surface area contributed by atoms with Crippen LogP contribution in [0.2, 0.25) is 0 Å². The van der Waals surface area contributed by atoms with Gasteiger partial charge in [0.2, 0.25) is 0 Å². The highest BCUT2D eigenvalue weighted by molar-refractivity contribution is 4.87. The summed E-state index contributed by atoms with van der Waals surface area (Å²) in [6, 6.07) is 2.33. The van der Waals surface area contributed by atoms with Gasteiger partial charge in [-0.3, -0.25) is 9.80 Å². The minimum absolute atomic E-state index is 0.726. The molecule has 106 valence electrons. The summed E-state index contributed by atoms with van der Waals surface area (Å²) in [5.41, 5.74) is 0. The predicted molar refractivity (Wildman–Crippen MR) is 78.0 cm³/mol. The lowest BCUT2D eigenvalue weighted by Crippen LogP contribution is -2.56. The topological polar surface area (TPSA) is 18.5 Å². The van der Waals surface area contributed by atoms with Gasteiger partial charge in [0.05, 0.1) is 0 Å². The molecule has 1 N–H and O–H groups in total. The second kappa shape index (κ2) is 6.88. The van der Waals surface area contributed by atoms with Crippen molar-refractivity contribution in [2.45, 2.75) is 64.6 Å². The van der Waals surface area contributed by atoms with Gasteiger partial charge in [-0.25, -0.2) is 0 Å². The Hall–Kier alpha value is -0.120. The van der Waals surface area contributed by atoms with Crippen LogP contribution in [0, 0.1) is 0 Å². The van der Waals surface area contributed by atoms with Gasteiger partial charge >= 0.3 is 0 Å². The maximum absolute atomic E-state index is 3.72. The molecule has 0 aromatic rings. The summed E-state index contributed by atoms with van der Waals surface area (Å²) in [4.78, 5) is 5.34. The van der Waals surface area contributed by atoms with E-state index in [0.29, 0.717) is 0 Å². The zero-order valence-corrected chi connectivity index (χ0v) is 12.5. The quantitative estimate of drug-likeness (QED) is 0.748. The van der Waals surface area contributed by atoms with E-state index in [1.54, 1.807) is 0 Å². The van der Waals surface area contributed by atoms with E-state index >= 15 is 0 Å². The van der Waals surface area contributed by atoms with Crippen LogP contribution in [0.25, 0.3) is 0 Å². The Kier molecular flexibility index (Phi) is 5.46. The molecular weight excluding hydrogens is 222 g/mol. The Bertz CT molecular complexity index is 240. The summed E-state index contributed by atoms with van der Waals surface area (Å²) in [5, 5.41) is 3.72. The van der Waals surface area contributed by atoms with Crippen molar-refractivity contribution in [1.82, 2.24) is 15.1 Å². The molecule has 0 bridgehead atoms. The molecule has 2 aliphatic rings. The number of rotatable bonds is 7. The minimum atomic E-state index is 0.726. The van der Waals surface area contributed by atoms with Gasteiger partial charge in [-0.15, -0.1) is 0 Å². The summed E-state index contributed by atoms with van der Waals surface area (Å²) in [7, 11) is 0. The van der Waals surface area contributed by atoms with Crippen molar-refractivity contribution < 1.29 is 0 Å². The Balaban J connectivity index is 1.81. The van der Waals surface area contributed by atoms with E-state index in [0.717, 1.165) is 18.1 Å². The van der Waals surface area contributed by atoms with E-state index < -0.39 is 0 Å². The van der Waals surface area contributed by atoms with Gasteiger partial charge in [0.25, 0.3) is 0 Å². The SMILES string of the molecule is CCCC(CNC1CC1)N1CCN(CC)C(C)C1. The summed E-state index contributed by atoms with van der Waals surface area (Å²) >= 11 is 0. The second-order valence-electron chi connectivity index (χ2n) is 6.10. The Morgan fingerprint density at radius 3 is 2.56 bits per heavy atom. The van der Waals surface area contributed by atoms with Gasteiger partial charge in [-0.05, 0) is 32.7 Å². The molecule has 0 amide bonds. The third kappa shape index (κ3) is 3.94. The smallest absolute Gasteiger partial charge is 0.0221 e. The molecular formula is C15H31N3. The van der Waals surface area contributed by atoms with E-state index in [1.165, 1.54) is 58.4 Å². The molecule has 1 saturated carbocycles. The van der Waals surface area contributed by atoms with Crippen LogP contribution >= 0.6 is 0 Å². The first-order valence-corrected chi connectivity index (χ1v) is 7.96. The van der Waals surface area contributed by atoms with Crippen molar-refractivity contribution in [3.63, 3.8) is 0 Å². The van der Waals surface area contributed by atoms with E-state index in [-0.39, 0.29) is 0 Å². The maximum atomic E-state index is 3.72. The number of hydrogen-bond donors (Lipinski definition) is 1. The normalized spacial score (nSPS) is 28.5. The third-order valence-corrected chi connectivity index (χ3v) is 4.56. The molecule has 2 rings (SSSR count). The van der Waals surface area contributed by atoms with Crippen LogP contribution in [-0.4, -0.2) is 60.6 Å². The Morgan fingerprint density at radius 1 is 1.22 bits per heavy atom. The van der Waals surface area contributed by atoms with Crippen molar-refractivity contribution in [1.29, 1.82) is 0 Å². The average Bonchev–Trinajstić information content (AvgIpc) is 3.18. The van der Waals surface area contributed by atoms with E-state index in [1.807, 2.05) is 0 Å². The van der Waals surface area contributed by atoms with Gasteiger partial charge in [0, 0.05) is 44.3 Å². The summed E-state index contributed by atoms with van der Waals surface area (Å²) in [6.07, 6.45) is 5.45. The minimum Gasteiger partial charge on any atom is -0.312 e. The molecule has 0 aromatic carbocycles. The molecule has 1 aliphatic carbocycles. The van der Waals surface area contributed by atoms with Crippen LogP contribution in [0.4, 0.5) is 0 Å². The molecule has 1 aliphatic heterocycles. The van der Waals surface area contributed by atoms with Gasteiger partial charge in [-0.1, -0.05) is 20.3 Å². The Morgan fingerprint density at radius 2 is 2.00 bits per heavy atom. The maximum Gasteiger partial charge on any atom is 0.0221 e. The van der Waals surface area contributed by atoms with Gasteiger partial charge in [0.15, 0.2) is 0 Å². The highest BCUT2D eigenvalue weighted by Gasteiger charge is 2.28. The number of piperazine rings is 1. The molecule has 0 radical (unpaired) electrons. The number of nitrogens with one attached hydrogen (secondary N) is 1. The van der Waals surface area contributed by atoms with Crippen LogP contribution in [0.3, 0.4) is 0 Å². The van der Waals surface area contributed by atoms with E-state index in [9.17, 15) is 0 Å². The highest BCUT2D eigenvalue weighted by Crippen LogP contribution is 2.20. The number of hydrogen-bond acceptors (Lipinski definition) is 3. The zero-order chi connectivity index (χ0) is 13.0. The van der Waals surface area contributed by atoms with Crippen molar-refractivity contribution in [3.05, 3.63) is 0 Å². The molecule has 3 nitrogen and oxygen atoms in total. The first-order chi connectivity index (χ1) is 8.74. The van der Waals surface area contributed by atoms with Crippen LogP contribution in [0.1, 0.15) is 46.5 Å². The third-order valence-electron chi connectivity index (χ3n) is 4.56. The monoisotopic (exact) mass is 253 g/mol. The second-order valence-corrected chi connectivity index (χ2v) is 6.10. The summed E-state index contributed by atoms with van der Waals surface area (Å²) < 4.78 is 0. The Labute approximate surface area is 113 Å². The van der Waals surface area contributed by atoms with Gasteiger partial charge in [0.1, 0.15) is 0 Å². The van der Waals surface area contributed by atoms with Crippen molar-refractivity contribution >= 4 is 0 Å². The fourth-order valence-electron chi connectivity index (χ4n) is 3.16. The van der Waals surface area contributed by atoms with Crippen molar-refractivity contribution in [2.24, 2.45) is 0 Å². The lowest BCUT2D eigenvalue weighted by Gasteiger charge is -2.43. The van der Waals surface area contributed by atoms with Gasteiger partial charge < -0.3 is 5.32 Å². The first-order valence-electron chi connectivity index (χ1n) is 7.96. The molecule has 2 unspecified atom stereocenters. The molecule has 1 saturated heterocycles. The van der Waals surface area contributed by atoms with Crippen LogP contribution in [-0.2, 0) is 0 Å². The first kappa shape index (κ1) is 14.3. The van der Waals surface area contributed by atoms with Crippen molar-refractivity contribution in [3.8, 4) is 0 Å². The standard InChI is InChI=1S/C15H31N3/c1-4-6-15(11-16-14-7-8-14)18-10-9-17(5-2)13(3)12-18/h13-16H,4-12H2,1-3H3. The van der Waals surface area contributed by atoms with Crippen LogP contribution in [0.5, 0.6) is 0 Å². The average molecular weight is 253 g/mol. The predicted octanol–water partition coefficient (Wildman–Crippen LogP) is 1.93. The fourth-order valence-corrected chi connectivity index (χ4v) is 3.16. The van der Waals surface area contributed by atoms with Crippen molar-refractivity contribution in [2.75, 3.05) is 32.7 Å². The molecule has 2 atom stereocenters. The molecule has 1 heterocycles. The summed E-state index contributed by atoms with van der Waals surface area (Å²) in [5.74, 6) is 0. The molecule has 0 aromatic heterocycles. The highest BCUT2D eigenvalue weighted by atomic mass is 15.3. The largest absolute Gasteiger partial charge is 0.312 e. The molecule has 0 spiro atoms. The molecule has 3 heteroatoms. The van der Waals surface area contributed by atoms with E-state index in [4.69, 9.17) is 0 Å². The lowest BCUT2D eigenvalue weighted by atomic mass is 10.1. The summed E-state index contributed by atoms with van der Waals surface area (Å²) in [6.45, 7) is 13.2. The number of nitrogens with zero attached hydrogens (tertiary/aromatic N) is 2.